The van der Waals surface area contributed by atoms with Crippen LogP contribution in [0.15, 0.2) is 30.4 Å². The fourth-order valence-electron chi connectivity index (χ4n) is 2.97. The lowest BCUT2D eigenvalue weighted by Crippen LogP contribution is -2.43. The van der Waals surface area contributed by atoms with Crippen molar-refractivity contribution in [1.82, 2.24) is 0 Å². The quantitative estimate of drug-likeness (QED) is 0.739. The molecule has 3 rings (SSSR count). The summed E-state index contributed by atoms with van der Waals surface area (Å²) in [5, 5.41) is 3.71. The third kappa shape index (κ3) is 1.55. The number of anilines is 1. The standard InChI is InChI=1S/C15H19N/c1-10-6-7-11(2)14(8-10)16-15-9-12-4-3-5-13(12)15/h3,5-8,12-13,15-16H,4,9H2,1-2H3. The van der Waals surface area contributed by atoms with Gasteiger partial charge in [-0.05, 0) is 49.8 Å². The second-order valence-electron chi connectivity index (χ2n) is 5.31. The van der Waals surface area contributed by atoms with Crippen LogP contribution in [0.1, 0.15) is 24.0 Å². The monoisotopic (exact) mass is 213 g/mol. The Labute approximate surface area is 97.6 Å². The predicted octanol–water partition coefficient (Wildman–Crippen LogP) is 3.68. The van der Waals surface area contributed by atoms with Crippen LogP contribution in [0.3, 0.4) is 0 Å². The maximum Gasteiger partial charge on any atom is 0.0374 e. The van der Waals surface area contributed by atoms with E-state index in [1.165, 1.54) is 29.7 Å². The zero-order chi connectivity index (χ0) is 11.1. The van der Waals surface area contributed by atoms with Crippen LogP contribution >= 0.6 is 0 Å². The van der Waals surface area contributed by atoms with Gasteiger partial charge in [-0.2, -0.15) is 0 Å². The molecule has 1 heteroatoms. The molecule has 0 aromatic heterocycles. The van der Waals surface area contributed by atoms with E-state index in [0.29, 0.717) is 6.04 Å². The highest BCUT2D eigenvalue weighted by atomic mass is 15.0. The number of fused-ring (bicyclic) bond motifs is 1. The summed E-state index contributed by atoms with van der Waals surface area (Å²) in [6.45, 7) is 4.34. The molecule has 1 nitrogen and oxygen atoms in total. The Morgan fingerprint density at radius 2 is 2.12 bits per heavy atom. The number of nitrogens with one attached hydrogen (secondary N) is 1. The SMILES string of the molecule is Cc1ccc(C)c(NC2CC3CC=CC32)c1. The summed E-state index contributed by atoms with van der Waals surface area (Å²) in [6.07, 6.45) is 7.39. The van der Waals surface area contributed by atoms with Gasteiger partial charge in [0.25, 0.3) is 0 Å². The van der Waals surface area contributed by atoms with Gasteiger partial charge in [-0.15, -0.1) is 0 Å². The van der Waals surface area contributed by atoms with Crippen molar-refractivity contribution < 1.29 is 0 Å². The van der Waals surface area contributed by atoms with Gasteiger partial charge in [0, 0.05) is 17.6 Å². The molecule has 1 N–H and O–H groups in total. The van der Waals surface area contributed by atoms with Crippen LogP contribution in [0.5, 0.6) is 0 Å². The van der Waals surface area contributed by atoms with Crippen LogP contribution in [0, 0.1) is 25.7 Å². The van der Waals surface area contributed by atoms with Gasteiger partial charge >= 0.3 is 0 Å². The van der Waals surface area contributed by atoms with Crippen molar-refractivity contribution in [2.24, 2.45) is 11.8 Å². The number of aryl methyl sites for hydroxylation is 2. The molecule has 3 unspecified atom stereocenters. The first-order valence-corrected chi connectivity index (χ1v) is 6.24. The van der Waals surface area contributed by atoms with Crippen LogP contribution in [-0.4, -0.2) is 6.04 Å². The lowest BCUT2D eigenvalue weighted by atomic mass is 9.71. The molecule has 2 aliphatic rings. The highest BCUT2D eigenvalue weighted by Crippen LogP contribution is 2.44. The van der Waals surface area contributed by atoms with Crippen molar-refractivity contribution in [2.45, 2.75) is 32.7 Å². The van der Waals surface area contributed by atoms with Crippen molar-refractivity contribution in [3.8, 4) is 0 Å². The Hall–Kier alpha value is -1.24. The molecular formula is C15H19N. The molecule has 2 aliphatic carbocycles. The molecule has 0 heterocycles. The van der Waals surface area contributed by atoms with Crippen LogP contribution < -0.4 is 5.32 Å². The van der Waals surface area contributed by atoms with Crippen molar-refractivity contribution >= 4 is 5.69 Å². The first-order chi connectivity index (χ1) is 7.74. The third-order valence-electron chi connectivity index (χ3n) is 4.10. The van der Waals surface area contributed by atoms with Crippen LogP contribution in [0.25, 0.3) is 0 Å². The van der Waals surface area contributed by atoms with E-state index >= 15 is 0 Å². The smallest absolute Gasteiger partial charge is 0.0374 e. The minimum Gasteiger partial charge on any atom is -0.381 e. The summed E-state index contributed by atoms with van der Waals surface area (Å²) in [7, 11) is 0. The molecule has 0 spiro atoms. The first kappa shape index (κ1) is 9.95. The van der Waals surface area contributed by atoms with E-state index in [1.54, 1.807) is 0 Å². The Balaban J connectivity index is 1.75. The molecule has 0 aliphatic heterocycles. The summed E-state index contributed by atoms with van der Waals surface area (Å²) >= 11 is 0. The van der Waals surface area contributed by atoms with Gasteiger partial charge in [0.2, 0.25) is 0 Å². The molecule has 1 aromatic carbocycles. The minimum absolute atomic E-state index is 0.671. The van der Waals surface area contributed by atoms with E-state index in [2.05, 4.69) is 49.5 Å². The molecule has 3 atom stereocenters. The summed E-state index contributed by atoms with van der Waals surface area (Å²) in [6, 6.07) is 7.32. The highest BCUT2D eigenvalue weighted by Gasteiger charge is 2.40. The van der Waals surface area contributed by atoms with Gasteiger partial charge in [-0.1, -0.05) is 24.3 Å². The zero-order valence-electron chi connectivity index (χ0n) is 10.0. The molecule has 1 aromatic rings. The lowest BCUT2D eigenvalue weighted by Gasteiger charge is -2.41. The Morgan fingerprint density at radius 3 is 2.94 bits per heavy atom. The number of rotatable bonds is 2. The average molecular weight is 213 g/mol. The van der Waals surface area contributed by atoms with Crippen LogP contribution in [-0.2, 0) is 0 Å². The van der Waals surface area contributed by atoms with Crippen LogP contribution in [0.2, 0.25) is 0 Å². The summed E-state index contributed by atoms with van der Waals surface area (Å²) in [4.78, 5) is 0. The van der Waals surface area contributed by atoms with Gasteiger partial charge in [0.05, 0.1) is 0 Å². The van der Waals surface area contributed by atoms with E-state index < -0.39 is 0 Å². The lowest BCUT2D eigenvalue weighted by molar-refractivity contribution is 0.218. The number of benzene rings is 1. The maximum atomic E-state index is 3.71. The summed E-state index contributed by atoms with van der Waals surface area (Å²) in [5.41, 5.74) is 4.02. The molecule has 16 heavy (non-hydrogen) atoms. The number of hydrogen-bond acceptors (Lipinski definition) is 1. The maximum absolute atomic E-state index is 3.71. The van der Waals surface area contributed by atoms with Gasteiger partial charge < -0.3 is 5.32 Å². The number of allylic oxidation sites excluding steroid dienone is 1. The fraction of sp³-hybridized carbons (Fsp3) is 0.467. The van der Waals surface area contributed by atoms with Gasteiger partial charge in [-0.25, -0.2) is 0 Å². The van der Waals surface area contributed by atoms with Crippen molar-refractivity contribution in [1.29, 1.82) is 0 Å². The first-order valence-electron chi connectivity index (χ1n) is 6.24. The third-order valence-corrected chi connectivity index (χ3v) is 4.10. The fourth-order valence-corrected chi connectivity index (χ4v) is 2.97. The van der Waals surface area contributed by atoms with Crippen molar-refractivity contribution in [3.05, 3.63) is 41.5 Å². The molecular weight excluding hydrogens is 194 g/mol. The normalized spacial score (nSPS) is 31.0. The Morgan fingerprint density at radius 1 is 1.25 bits per heavy atom. The van der Waals surface area contributed by atoms with Gasteiger partial charge in [-0.3, -0.25) is 0 Å². The zero-order valence-corrected chi connectivity index (χ0v) is 10.0. The molecule has 0 bridgehead atoms. The summed E-state index contributed by atoms with van der Waals surface area (Å²) in [5.74, 6) is 1.72. The van der Waals surface area contributed by atoms with Crippen molar-refractivity contribution in [3.63, 3.8) is 0 Å². The summed E-state index contributed by atoms with van der Waals surface area (Å²) < 4.78 is 0. The highest BCUT2D eigenvalue weighted by molar-refractivity contribution is 5.54. The molecule has 1 saturated carbocycles. The largest absolute Gasteiger partial charge is 0.381 e. The minimum atomic E-state index is 0.671. The molecule has 0 saturated heterocycles. The van der Waals surface area contributed by atoms with Crippen molar-refractivity contribution in [2.75, 3.05) is 5.32 Å². The van der Waals surface area contributed by atoms with E-state index in [0.717, 1.165) is 11.8 Å². The van der Waals surface area contributed by atoms with E-state index in [1.807, 2.05) is 0 Å². The average Bonchev–Trinajstić information content (AvgIpc) is 2.61. The topological polar surface area (TPSA) is 12.0 Å². The van der Waals surface area contributed by atoms with E-state index in [-0.39, 0.29) is 0 Å². The Kier molecular flexibility index (Phi) is 2.27. The predicted molar refractivity (Wildman–Crippen MR) is 68.7 cm³/mol. The molecule has 1 fully saturated rings. The van der Waals surface area contributed by atoms with Gasteiger partial charge in [0.15, 0.2) is 0 Å². The molecule has 0 amide bonds. The Bertz CT molecular complexity index is 433. The van der Waals surface area contributed by atoms with Gasteiger partial charge in [0.1, 0.15) is 0 Å². The van der Waals surface area contributed by atoms with Crippen LogP contribution in [0.4, 0.5) is 5.69 Å². The molecule has 84 valence electrons. The van der Waals surface area contributed by atoms with E-state index in [9.17, 15) is 0 Å². The second-order valence-corrected chi connectivity index (χ2v) is 5.31. The second kappa shape index (κ2) is 3.65. The molecule has 0 radical (unpaired) electrons. The number of hydrogen-bond donors (Lipinski definition) is 1. The van der Waals surface area contributed by atoms with E-state index in [4.69, 9.17) is 0 Å².